The molecule has 0 aliphatic heterocycles. The minimum Gasteiger partial charge on any atom is -0.494 e. The van der Waals surface area contributed by atoms with Gasteiger partial charge in [0, 0.05) is 29.2 Å². The third-order valence-corrected chi connectivity index (χ3v) is 4.03. The van der Waals surface area contributed by atoms with Gasteiger partial charge >= 0.3 is 0 Å². The highest BCUT2D eigenvalue weighted by Gasteiger charge is 2.07. The summed E-state index contributed by atoms with van der Waals surface area (Å²) in [6.07, 6.45) is 2.82. The van der Waals surface area contributed by atoms with E-state index in [0.29, 0.717) is 18.7 Å². The van der Waals surface area contributed by atoms with Crippen LogP contribution in [0.15, 0.2) is 48.7 Å². The molecule has 24 heavy (non-hydrogen) atoms. The summed E-state index contributed by atoms with van der Waals surface area (Å²) in [4.78, 5) is 15.5. The lowest BCUT2D eigenvalue weighted by Gasteiger charge is -2.07. The number of rotatable bonds is 6. The minimum atomic E-state index is -0.0610. The van der Waals surface area contributed by atoms with Crippen LogP contribution in [0, 0.1) is 6.92 Å². The highest BCUT2D eigenvalue weighted by atomic mass is 16.5. The van der Waals surface area contributed by atoms with E-state index < -0.39 is 0 Å². The first-order chi connectivity index (χ1) is 11.7. The van der Waals surface area contributed by atoms with Gasteiger partial charge in [0.1, 0.15) is 5.75 Å². The van der Waals surface area contributed by atoms with Gasteiger partial charge in [-0.1, -0.05) is 11.6 Å². The Labute approximate surface area is 141 Å². The van der Waals surface area contributed by atoms with Crippen LogP contribution in [0.1, 0.15) is 28.4 Å². The Balaban J connectivity index is 1.59. The highest BCUT2D eigenvalue weighted by molar-refractivity contribution is 5.94. The van der Waals surface area contributed by atoms with E-state index in [9.17, 15) is 4.79 Å². The van der Waals surface area contributed by atoms with Crippen molar-refractivity contribution in [2.45, 2.75) is 20.3 Å². The van der Waals surface area contributed by atoms with Gasteiger partial charge in [0.15, 0.2) is 0 Å². The molecule has 3 aromatic rings. The molecule has 0 fully saturated rings. The molecule has 0 saturated heterocycles. The Morgan fingerprint density at radius 2 is 1.96 bits per heavy atom. The number of H-pyrrole nitrogens is 1. The van der Waals surface area contributed by atoms with Crippen LogP contribution in [0.4, 0.5) is 0 Å². The fourth-order valence-corrected chi connectivity index (χ4v) is 2.78. The topological polar surface area (TPSA) is 54.1 Å². The lowest BCUT2D eigenvalue weighted by molar-refractivity contribution is 0.0954. The first-order valence-corrected chi connectivity index (χ1v) is 8.25. The summed E-state index contributed by atoms with van der Waals surface area (Å²) in [5, 5.41) is 4.20. The maximum Gasteiger partial charge on any atom is 0.251 e. The molecule has 0 radical (unpaired) electrons. The first kappa shape index (κ1) is 16.1. The van der Waals surface area contributed by atoms with Gasteiger partial charge in [-0.3, -0.25) is 4.79 Å². The number of carbonyl (C=O) groups is 1. The summed E-state index contributed by atoms with van der Waals surface area (Å²) in [5.41, 5.74) is 4.24. The number of aromatic amines is 1. The maximum atomic E-state index is 12.2. The number of ether oxygens (including phenoxy) is 1. The Bertz CT molecular complexity index is 834. The van der Waals surface area contributed by atoms with Crippen LogP contribution in [0.3, 0.4) is 0 Å². The van der Waals surface area contributed by atoms with Gasteiger partial charge in [0.2, 0.25) is 0 Å². The molecular weight excluding hydrogens is 300 g/mol. The van der Waals surface area contributed by atoms with Crippen molar-refractivity contribution in [1.29, 1.82) is 0 Å². The molecule has 1 aromatic heterocycles. The Morgan fingerprint density at radius 3 is 2.71 bits per heavy atom. The number of carbonyl (C=O) groups excluding carboxylic acids is 1. The van der Waals surface area contributed by atoms with Crippen molar-refractivity contribution in [3.63, 3.8) is 0 Å². The molecule has 0 aliphatic rings. The van der Waals surface area contributed by atoms with Gasteiger partial charge in [-0.05, 0) is 62.2 Å². The average molecular weight is 322 g/mol. The molecule has 4 nitrogen and oxygen atoms in total. The van der Waals surface area contributed by atoms with Crippen molar-refractivity contribution in [3.05, 3.63) is 65.4 Å². The standard InChI is InChI=1S/C20H22N2O2/c1-3-24-17-7-5-15(6-8-17)20(23)21-11-10-16-13-22-19-9-4-14(2)12-18(16)19/h4-9,12-13,22H,3,10-11H2,1-2H3,(H,21,23). The van der Waals surface area contributed by atoms with Gasteiger partial charge in [0.05, 0.1) is 6.61 Å². The summed E-state index contributed by atoms with van der Waals surface area (Å²) in [5.74, 6) is 0.720. The summed E-state index contributed by atoms with van der Waals surface area (Å²) in [7, 11) is 0. The van der Waals surface area contributed by atoms with Crippen molar-refractivity contribution < 1.29 is 9.53 Å². The van der Waals surface area contributed by atoms with Gasteiger partial charge in [-0.25, -0.2) is 0 Å². The van der Waals surface area contributed by atoms with Crippen LogP contribution >= 0.6 is 0 Å². The van der Waals surface area contributed by atoms with E-state index in [1.54, 1.807) is 12.1 Å². The number of nitrogens with one attached hydrogen (secondary N) is 2. The molecule has 4 heteroatoms. The predicted molar refractivity (Wildman–Crippen MR) is 96.7 cm³/mol. The molecule has 0 atom stereocenters. The van der Waals surface area contributed by atoms with Crippen LogP contribution in [0.5, 0.6) is 5.75 Å². The fourth-order valence-electron chi connectivity index (χ4n) is 2.78. The third-order valence-electron chi connectivity index (χ3n) is 4.03. The average Bonchev–Trinajstić information content (AvgIpc) is 2.98. The maximum absolute atomic E-state index is 12.2. The van der Waals surface area contributed by atoms with Crippen LogP contribution in [0.25, 0.3) is 10.9 Å². The van der Waals surface area contributed by atoms with E-state index in [2.05, 4.69) is 35.4 Å². The van der Waals surface area contributed by atoms with Gasteiger partial charge in [-0.15, -0.1) is 0 Å². The number of hydrogen-bond acceptors (Lipinski definition) is 2. The monoisotopic (exact) mass is 322 g/mol. The Hall–Kier alpha value is -2.75. The zero-order valence-corrected chi connectivity index (χ0v) is 14.1. The molecule has 0 spiro atoms. The second kappa shape index (κ2) is 7.21. The van der Waals surface area contributed by atoms with Crippen LogP contribution < -0.4 is 10.1 Å². The van der Waals surface area contributed by atoms with Crippen LogP contribution in [-0.2, 0) is 6.42 Å². The molecule has 2 aromatic carbocycles. The van der Waals surface area contributed by atoms with E-state index in [1.807, 2.05) is 25.3 Å². The summed E-state index contributed by atoms with van der Waals surface area (Å²) in [6, 6.07) is 13.6. The van der Waals surface area contributed by atoms with Gasteiger partial charge in [-0.2, -0.15) is 0 Å². The fraction of sp³-hybridized carbons (Fsp3) is 0.250. The summed E-state index contributed by atoms with van der Waals surface area (Å²) < 4.78 is 5.39. The molecular formula is C20H22N2O2. The van der Waals surface area contributed by atoms with Crippen molar-refractivity contribution in [1.82, 2.24) is 10.3 Å². The predicted octanol–water partition coefficient (Wildman–Crippen LogP) is 3.85. The lowest BCUT2D eigenvalue weighted by atomic mass is 10.1. The number of aryl methyl sites for hydroxylation is 1. The second-order valence-electron chi connectivity index (χ2n) is 5.83. The number of aromatic nitrogens is 1. The molecule has 0 aliphatic carbocycles. The lowest BCUT2D eigenvalue weighted by Crippen LogP contribution is -2.25. The van der Waals surface area contributed by atoms with E-state index in [-0.39, 0.29) is 5.91 Å². The van der Waals surface area contributed by atoms with Crippen LogP contribution in [0.2, 0.25) is 0 Å². The van der Waals surface area contributed by atoms with E-state index >= 15 is 0 Å². The first-order valence-electron chi connectivity index (χ1n) is 8.25. The molecule has 1 heterocycles. The third kappa shape index (κ3) is 3.59. The summed E-state index contributed by atoms with van der Waals surface area (Å²) >= 11 is 0. The Kier molecular flexibility index (Phi) is 4.85. The molecule has 124 valence electrons. The zero-order chi connectivity index (χ0) is 16.9. The normalized spacial score (nSPS) is 10.8. The molecule has 1 amide bonds. The smallest absolute Gasteiger partial charge is 0.251 e. The number of fused-ring (bicyclic) bond motifs is 1. The molecule has 3 rings (SSSR count). The number of benzene rings is 2. The zero-order valence-electron chi connectivity index (χ0n) is 14.1. The molecule has 2 N–H and O–H groups in total. The van der Waals surface area contributed by atoms with Crippen molar-refractivity contribution >= 4 is 16.8 Å². The van der Waals surface area contributed by atoms with E-state index in [0.717, 1.165) is 17.7 Å². The minimum absolute atomic E-state index is 0.0610. The van der Waals surface area contributed by atoms with Gasteiger partial charge < -0.3 is 15.0 Å². The summed E-state index contributed by atoms with van der Waals surface area (Å²) in [6.45, 7) is 5.25. The van der Waals surface area contributed by atoms with Crippen molar-refractivity contribution in [2.24, 2.45) is 0 Å². The molecule has 0 saturated carbocycles. The highest BCUT2D eigenvalue weighted by Crippen LogP contribution is 2.20. The number of amides is 1. The largest absolute Gasteiger partial charge is 0.494 e. The van der Waals surface area contributed by atoms with Gasteiger partial charge in [0.25, 0.3) is 5.91 Å². The SMILES string of the molecule is CCOc1ccc(C(=O)NCCc2c[nH]c3ccc(C)cc23)cc1. The molecule has 0 unspecified atom stereocenters. The quantitative estimate of drug-likeness (QED) is 0.724. The second-order valence-corrected chi connectivity index (χ2v) is 5.83. The van der Waals surface area contributed by atoms with E-state index in [1.165, 1.54) is 16.5 Å². The van der Waals surface area contributed by atoms with Crippen LogP contribution in [-0.4, -0.2) is 24.0 Å². The van der Waals surface area contributed by atoms with E-state index in [4.69, 9.17) is 4.74 Å². The van der Waals surface area contributed by atoms with Crippen molar-refractivity contribution in [3.8, 4) is 5.75 Å². The molecule has 0 bridgehead atoms. The Morgan fingerprint density at radius 1 is 1.17 bits per heavy atom. The van der Waals surface area contributed by atoms with Crippen molar-refractivity contribution in [2.75, 3.05) is 13.2 Å². The number of hydrogen-bond donors (Lipinski definition) is 2.